The number of amides is 2. The number of thioether (sulfide) groups is 1. The number of hydrogen-bond donors (Lipinski definition) is 10. The van der Waals surface area contributed by atoms with Gasteiger partial charge in [0.25, 0.3) is 0 Å². The van der Waals surface area contributed by atoms with Gasteiger partial charge in [0, 0.05) is 30.7 Å². The first-order valence-electron chi connectivity index (χ1n) is 18.7. The van der Waals surface area contributed by atoms with Gasteiger partial charge in [0.2, 0.25) is 16.9 Å². The minimum atomic E-state index is -5.58. The zero-order valence-corrected chi connectivity index (χ0v) is 36.5. The lowest BCUT2D eigenvalue weighted by atomic mass is 9.87. The topological polar surface area (TPSA) is 384 Å². The fraction of sp³-hybridized carbons (Fsp3) is 0.742. The summed E-state index contributed by atoms with van der Waals surface area (Å²) < 4.78 is 62.2. The fourth-order valence-electron chi connectivity index (χ4n) is 5.61. The number of imidazole rings is 1. The number of nitrogen functional groups attached to an aromatic ring is 1. The summed E-state index contributed by atoms with van der Waals surface area (Å²) in [7, 11) is -16.4. The van der Waals surface area contributed by atoms with Crippen molar-refractivity contribution in [3.05, 3.63) is 12.7 Å². The summed E-state index contributed by atoms with van der Waals surface area (Å²) in [5.74, 6) is -1.30. The molecule has 29 heteroatoms. The Morgan fingerprint density at radius 2 is 1.65 bits per heavy atom. The molecular weight excluding hydrogens is 883 g/mol. The zero-order chi connectivity index (χ0) is 44.9. The quantitative estimate of drug-likeness (QED) is 0.0437. The highest BCUT2D eigenvalue weighted by Crippen LogP contribution is 2.61. The summed E-state index contributed by atoms with van der Waals surface area (Å²) in [5, 5.41) is 36.0. The van der Waals surface area contributed by atoms with E-state index in [9.17, 15) is 63.0 Å². The number of nitrogens with zero attached hydrogens (tertiary/aromatic N) is 4. The van der Waals surface area contributed by atoms with Gasteiger partial charge >= 0.3 is 23.5 Å². The van der Waals surface area contributed by atoms with Crippen LogP contribution in [0.15, 0.2) is 12.7 Å². The molecule has 1 aliphatic heterocycles. The van der Waals surface area contributed by atoms with Crippen molar-refractivity contribution in [2.24, 2.45) is 5.41 Å². The van der Waals surface area contributed by atoms with Gasteiger partial charge in [0.05, 0.1) is 19.5 Å². The number of ether oxygens (including phenoxy) is 1. The summed E-state index contributed by atoms with van der Waals surface area (Å²) in [6.07, 6.45) is -1.54. The molecule has 0 aromatic carbocycles. The molecule has 1 fully saturated rings. The lowest BCUT2D eigenvalue weighted by Crippen LogP contribution is -2.46. The number of phosphoric ester groups is 3. The molecule has 2 amide bonds. The summed E-state index contributed by atoms with van der Waals surface area (Å²) in [5.41, 5.74) is 4.24. The van der Waals surface area contributed by atoms with E-state index < -0.39 is 90.7 Å². The van der Waals surface area contributed by atoms with Crippen LogP contribution in [0.1, 0.15) is 78.4 Å². The number of rotatable bonds is 27. The van der Waals surface area contributed by atoms with E-state index in [0.29, 0.717) is 6.42 Å². The van der Waals surface area contributed by atoms with Crippen molar-refractivity contribution >= 4 is 69.1 Å². The van der Waals surface area contributed by atoms with Gasteiger partial charge in [-0.25, -0.2) is 28.6 Å². The van der Waals surface area contributed by atoms with E-state index in [0.717, 1.165) is 67.5 Å². The van der Waals surface area contributed by atoms with Crippen LogP contribution in [0.4, 0.5) is 5.82 Å². The van der Waals surface area contributed by atoms with E-state index in [2.05, 4.69) is 41.3 Å². The number of aliphatic hydroxyl groups excluding tert-OH is 3. The molecule has 25 nitrogen and oxygen atoms in total. The standard InChI is InChI=1S/C31H54N7O18P3S/c1-4-5-6-7-8-9-10-19(39)30(44)60-14-13-33-21(40)11-12-34-28(43)25(42)31(2,3)16-53-59(50,51)56-58(48,49)52-15-20-24(55-57(45,46)47)23(41)29(54-20)38-18-37-22-26(32)35-17-36-27(22)38/h17-20,23-25,29,39,41-42H,4-16H2,1-3H3,(H,33,40)(H,34,43)(H,48,49)(H,50,51)(H2,32,35,36)(H2,45,46,47). The predicted octanol–water partition coefficient (Wildman–Crippen LogP) is 0.776. The van der Waals surface area contributed by atoms with Gasteiger partial charge in [0.1, 0.15) is 42.4 Å². The Hall–Kier alpha value is -2.48. The summed E-state index contributed by atoms with van der Waals surface area (Å²) in [6, 6.07) is 0. The first kappa shape index (κ1) is 51.9. The Kier molecular flexibility index (Phi) is 20.1. The molecule has 0 bridgehead atoms. The van der Waals surface area contributed by atoms with E-state index in [1.807, 2.05) is 0 Å². The number of nitrogens with two attached hydrogens (primary N) is 1. The highest BCUT2D eigenvalue weighted by atomic mass is 32.2. The maximum absolute atomic E-state index is 12.7. The third-order valence-electron chi connectivity index (χ3n) is 8.85. The summed E-state index contributed by atoms with van der Waals surface area (Å²) >= 11 is 0.900. The van der Waals surface area contributed by atoms with Crippen LogP contribution in [-0.2, 0) is 50.7 Å². The molecule has 0 saturated carbocycles. The number of hydrogen-bond acceptors (Lipinski definition) is 19. The van der Waals surface area contributed by atoms with Crippen molar-refractivity contribution in [1.29, 1.82) is 0 Å². The van der Waals surface area contributed by atoms with E-state index in [1.165, 1.54) is 13.8 Å². The van der Waals surface area contributed by atoms with Crippen molar-refractivity contribution < 1.29 is 85.6 Å². The van der Waals surface area contributed by atoms with Crippen LogP contribution in [0.3, 0.4) is 0 Å². The molecule has 8 atom stereocenters. The minimum absolute atomic E-state index is 0.0267. The minimum Gasteiger partial charge on any atom is -0.386 e. The molecular formula is C31H54N7O18P3S. The Bertz CT molecular complexity index is 1890. The maximum Gasteiger partial charge on any atom is 0.481 e. The number of carbonyl (C=O) groups excluding carboxylic acids is 3. The molecule has 2 aromatic rings. The summed E-state index contributed by atoms with van der Waals surface area (Å²) in [6.45, 7) is 2.46. The first-order valence-corrected chi connectivity index (χ1v) is 24.2. The molecule has 1 saturated heterocycles. The Labute approximate surface area is 348 Å². The number of fused-ring (bicyclic) bond motifs is 1. The Balaban J connectivity index is 1.42. The van der Waals surface area contributed by atoms with E-state index in [1.54, 1.807) is 0 Å². The number of carbonyl (C=O) groups is 3. The van der Waals surface area contributed by atoms with Gasteiger partial charge in [-0.1, -0.05) is 71.1 Å². The van der Waals surface area contributed by atoms with Crippen LogP contribution in [0.25, 0.3) is 11.2 Å². The molecule has 8 unspecified atom stereocenters. The molecule has 3 rings (SSSR count). The lowest BCUT2D eigenvalue weighted by molar-refractivity contribution is -0.137. The van der Waals surface area contributed by atoms with Crippen LogP contribution in [-0.4, -0.2) is 134 Å². The normalized spacial score (nSPS) is 21.6. The number of aromatic nitrogens is 4. The van der Waals surface area contributed by atoms with E-state index in [-0.39, 0.29) is 47.4 Å². The lowest BCUT2D eigenvalue weighted by Gasteiger charge is -2.30. The fourth-order valence-corrected chi connectivity index (χ4v) is 9.16. The molecule has 11 N–H and O–H groups in total. The maximum atomic E-state index is 12.7. The van der Waals surface area contributed by atoms with Crippen LogP contribution in [0.5, 0.6) is 0 Å². The second kappa shape index (κ2) is 23.3. The molecule has 0 spiro atoms. The van der Waals surface area contributed by atoms with Gasteiger partial charge in [-0.2, -0.15) is 4.31 Å². The van der Waals surface area contributed by atoms with Crippen molar-refractivity contribution in [3.63, 3.8) is 0 Å². The van der Waals surface area contributed by atoms with Crippen LogP contribution < -0.4 is 16.4 Å². The number of aliphatic hydroxyl groups is 3. The smallest absolute Gasteiger partial charge is 0.386 e. The molecule has 2 aromatic heterocycles. The van der Waals surface area contributed by atoms with Gasteiger partial charge in [-0.05, 0) is 6.42 Å². The average molecular weight is 938 g/mol. The summed E-state index contributed by atoms with van der Waals surface area (Å²) in [4.78, 5) is 87.9. The highest BCUT2D eigenvalue weighted by molar-refractivity contribution is 8.13. The van der Waals surface area contributed by atoms with Gasteiger partial charge in [-0.15, -0.1) is 0 Å². The van der Waals surface area contributed by atoms with E-state index >= 15 is 0 Å². The largest absolute Gasteiger partial charge is 0.481 e. The first-order chi connectivity index (χ1) is 28.0. The highest BCUT2D eigenvalue weighted by Gasteiger charge is 2.50. The molecule has 1 aliphatic rings. The predicted molar refractivity (Wildman–Crippen MR) is 211 cm³/mol. The van der Waals surface area contributed by atoms with Crippen molar-refractivity contribution in [1.82, 2.24) is 30.2 Å². The Morgan fingerprint density at radius 1 is 0.983 bits per heavy atom. The van der Waals surface area contributed by atoms with Crippen LogP contribution in [0, 0.1) is 5.41 Å². The second-order valence-corrected chi connectivity index (χ2v) is 19.6. The molecule has 60 heavy (non-hydrogen) atoms. The average Bonchev–Trinajstić information content (AvgIpc) is 3.72. The molecule has 3 heterocycles. The number of nitrogens with one attached hydrogen (secondary N) is 2. The van der Waals surface area contributed by atoms with Crippen LogP contribution >= 0.6 is 35.2 Å². The van der Waals surface area contributed by atoms with Gasteiger partial charge < -0.3 is 56.0 Å². The van der Waals surface area contributed by atoms with Crippen molar-refractivity contribution in [3.8, 4) is 0 Å². The Morgan fingerprint density at radius 3 is 2.33 bits per heavy atom. The second-order valence-electron chi connectivity index (χ2n) is 14.3. The van der Waals surface area contributed by atoms with E-state index in [4.69, 9.17) is 19.5 Å². The zero-order valence-electron chi connectivity index (χ0n) is 33.0. The SMILES string of the molecule is CCCCCCCCC(O)C(=O)SCCNC(=O)CCNC(=O)C(O)C(C)(C)COP(=O)(O)OP(=O)(O)OCC1OC(n2cnc3c(N)ncnc32)C(O)C1OP(=O)(O)O. The number of unbranched alkanes of at least 4 members (excludes halogenated alkanes) is 5. The van der Waals surface area contributed by atoms with Crippen LogP contribution in [0.2, 0.25) is 0 Å². The molecule has 342 valence electrons. The van der Waals surface area contributed by atoms with Gasteiger partial charge in [-0.3, -0.25) is 32.5 Å². The van der Waals surface area contributed by atoms with Crippen molar-refractivity contribution in [2.45, 2.75) is 109 Å². The third-order valence-corrected chi connectivity index (χ3v) is 12.9. The molecule has 0 aliphatic carbocycles. The number of phosphoric acid groups is 3. The van der Waals surface area contributed by atoms with Gasteiger partial charge in [0.15, 0.2) is 17.7 Å². The van der Waals surface area contributed by atoms with Crippen molar-refractivity contribution in [2.75, 3.05) is 37.8 Å². The monoisotopic (exact) mass is 937 g/mol. The number of anilines is 1. The molecule has 0 radical (unpaired) electrons. The third kappa shape index (κ3) is 16.7.